The Morgan fingerprint density at radius 1 is 1.30 bits per heavy atom. The van der Waals surface area contributed by atoms with Crippen molar-refractivity contribution in [3.8, 4) is 0 Å². The summed E-state index contributed by atoms with van der Waals surface area (Å²) in [6.07, 6.45) is 2.30. The third-order valence-corrected chi connectivity index (χ3v) is 7.73. The van der Waals surface area contributed by atoms with Crippen molar-refractivity contribution in [3.63, 3.8) is 0 Å². The lowest BCUT2D eigenvalue weighted by molar-refractivity contribution is -0.110. The Morgan fingerprint density at radius 2 is 2.07 bits per heavy atom. The van der Waals surface area contributed by atoms with Crippen molar-refractivity contribution in [2.24, 2.45) is 5.16 Å². The summed E-state index contributed by atoms with van der Waals surface area (Å²) in [6, 6.07) is 5.81. The number of nitrogens with zero attached hydrogens (tertiary/aromatic N) is 4. The fraction of sp³-hybridized carbons (Fsp3) is 0.235. The Kier molecular flexibility index (Phi) is 5.83. The van der Waals surface area contributed by atoms with Gasteiger partial charge in [-0.1, -0.05) is 28.6 Å². The number of hydrogen-bond donors (Lipinski definition) is 1. The molecule has 0 radical (unpaired) electrons. The van der Waals surface area contributed by atoms with E-state index in [4.69, 9.17) is 4.84 Å². The van der Waals surface area contributed by atoms with Crippen LogP contribution in [0.25, 0.3) is 0 Å². The number of carbonyl (C=O) groups is 1. The number of halogens is 1. The van der Waals surface area contributed by atoms with E-state index in [0.717, 1.165) is 6.20 Å². The molecule has 1 fully saturated rings. The smallest absolute Gasteiger partial charge is 0.280 e. The highest BCUT2D eigenvalue weighted by atomic mass is 32.2. The van der Waals surface area contributed by atoms with Crippen molar-refractivity contribution in [2.45, 2.75) is 29.6 Å². The van der Waals surface area contributed by atoms with Crippen LogP contribution in [0.3, 0.4) is 0 Å². The molecule has 13 heteroatoms. The topological polar surface area (TPSA) is 124 Å². The van der Waals surface area contributed by atoms with Crippen LogP contribution >= 0.6 is 22.7 Å². The van der Waals surface area contributed by atoms with Crippen molar-refractivity contribution in [3.05, 3.63) is 51.7 Å². The molecule has 4 rings (SSSR count). The molecule has 0 aliphatic heterocycles. The minimum atomic E-state index is -3.36. The van der Waals surface area contributed by atoms with Crippen molar-refractivity contribution in [1.29, 1.82) is 0 Å². The quantitative estimate of drug-likeness (QED) is 0.399. The van der Waals surface area contributed by atoms with Gasteiger partial charge in [-0.25, -0.2) is 13.4 Å². The SMILES string of the molecule is O=C(Nc1ncc(F)s1)C(=NOCc1nncs1)c1ccc(S(=O)(=O)C2CC2)cc1. The molecule has 1 saturated carbocycles. The van der Waals surface area contributed by atoms with Crippen molar-refractivity contribution < 1.29 is 22.4 Å². The molecule has 0 saturated heterocycles. The molecular formula is C17H14FN5O4S3. The summed E-state index contributed by atoms with van der Waals surface area (Å²) < 4.78 is 37.9. The molecule has 2 aromatic heterocycles. The summed E-state index contributed by atoms with van der Waals surface area (Å²) in [5.74, 6) is -0.681. The van der Waals surface area contributed by atoms with Crippen molar-refractivity contribution in [1.82, 2.24) is 15.2 Å². The first-order valence-corrected chi connectivity index (χ1v) is 11.9. The van der Waals surface area contributed by atoms with Crippen LogP contribution in [0, 0.1) is 5.13 Å². The summed E-state index contributed by atoms with van der Waals surface area (Å²) in [5.41, 5.74) is 1.74. The van der Waals surface area contributed by atoms with E-state index in [1.807, 2.05) is 0 Å². The molecule has 1 aliphatic carbocycles. The van der Waals surface area contributed by atoms with Gasteiger partial charge in [0.2, 0.25) is 0 Å². The average molecular weight is 468 g/mol. The number of oxime groups is 1. The fourth-order valence-corrected chi connectivity index (χ4v) is 5.11. The largest absolute Gasteiger partial charge is 0.388 e. The second-order valence-electron chi connectivity index (χ2n) is 6.24. The number of anilines is 1. The normalized spacial score (nSPS) is 14.5. The molecule has 3 aromatic rings. The van der Waals surface area contributed by atoms with Gasteiger partial charge in [-0.05, 0) is 25.0 Å². The molecule has 9 nitrogen and oxygen atoms in total. The van der Waals surface area contributed by atoms with Gasteiger partial charge in [0.25, 0.3) is 5.91 Å². The standard InChI is InChI=1S/C17H14FN5O4S3/c18-13-7-19-17(29-13)21-16(24)15(23-27-8-14-22-20-9-28-14)10-1-3-11(4-2-10)30(25,26)12-5-6-12/h1-4,7,9,12H,5-6,8H2,(H,19,21,24). The number of sulfone groups is 1. The molecule has 0 atom stereocenters. The third kappa shape index (κ3) is 4.68. The first-order chi connectivity index (χ1) is 14.4. The van der Waals surface area contributed by atoms with E-state index in [1.165, 1.54) is 41.1 Å². The Hall–Kier alpha value is -2.77. The Labute approximate surface area is 178 Å². The minimum absolute atomic E-state index is 0.00146. The highest BCUT2D eigenvalue weighted by molar-refractivity contribution is 7.92. The predicted octanol–water partition coefficient (Wildman–Crippen LogP) is 2.63. The number of thiazole rings is 1. The van der Waals surface area contributed by atoms with Gasteiger partial charge < -0.3 is 4.84 Å². The van der Waals surface area contributed by atoms with Crippen molar-refractivity contribution >= 4 is 49.3 Å². The van der Waals surface area contributed by atoms with Gasteiger partial charge in [0.05, 0.1) is 16.3 Å². The lowest BCUT2D eigenvalue weighted by Gasteiger charge is -2.08. The molecule has 1 amide bonds. The van der Waals surface area contributed by atoms with E-state index in [1.54, 1.807) is 0 Å². The predicted molar refractivity (Wildman–Crippen MR) is 109 cm³/mol. The maximum absolute atomic E-state index is 13.2. The highest BCUT2D eigenvalue weighted by Gasteiger charge is 2.36. The van der Waals surface area contributed by atoms with E-state index in [9.17, 15) is 17.6 Å². The molecule has 1 aliphatic rings. The monoisotopic (exact) mass is 467 g/mol. The van der Waals surface area contributed by atoms with Crippen molar-refractivity contribution in [2.75, 3.05) is 5.32 Å². The molecule has 0 spiro atoms. The van der Waals surface area contributed by atoms with Crippen LogP contribution in [0.4, 0.5) is 9.52 Å². The van der Waals surface area contributed by atoms with E-state index < -0.39 is 20.9 Å². The lowest BCUT2D eigenvalue weighted by Crippen LogP contribution is -2.24. The summed E-state index contributed by atoms with van der Waals surface area (Å²) in [5, 5.41) is 13.6. The summed E-state index contributed by atoms with van der Waals surface area (Å²) in [6.45, 7) is 0.00146. The number of aromatic nitrogens is 3. The average Bonchev–Trinajstić information content (AvgIpc) is 3.34. The van der Waals surface area contributed by atoms with Crippen LogP contribution in [0.5, 0.6) is 0 Å². The van der Waals surface area contributed by atoms with Crippen LogP contribution in [0.2, 0.25) is 0 Å². The molecule has 0 bridgehead atoms. The molecular weight excluding hydrogens is 453 g/mol. The van der Waals surface area contributed by atoms with Crippen LogP contribution in [0.15, 0.2) is 46.0 Å². The van der Waals surface area contributed by atoms with Gasteiger partial charge in [-0.3, -0.25) is 10.1 Å². The lowest BCUT2D eigenvalue weighted by atomic mass is 10.1. The number of rotatable bonds is 8. The number of hydrogen-bond acceptors (Lipinski definition) is 10. The maximum Gasteiger partial charge on any atom is 0.280 e. The summed E-state index contributed by atoms with van der Waals surface area (Å²) in [4.78, 5) is 21.9. The van der Waals surface area contributed by atoms with E-state index in [0.29, 0.717) is 34.7 Å². The van der Waals surface area contributed by atoms with E-state index in [2.05, 4.69) is 25.7 Å². The Bertz CT molecular complexity index is 1170. The Morgan fingerprint density at radius 3 is 2.67 bits per heavy atom. The molecule has 1 aromatic carbocycles. The summed E-state index contributed by atoms with van der Waals surface area (Å²) in [7, 11) is -3.36. The second kappa shape index (κ2) is 8.53. The number of nitrogens with one attached hydrogen (secondary N) is 1. The Balaban J connectivity index is 1.57. The number of benzene rings is 1. The van der Waals surface area contributed by atoms with E-state index >= 15 is 0 Å². The minimum Gasteiger partial charge on any atom is -0.388 e. The zero-order chi connectivity index (χ0) is 21.1. The molecule has 156 valence electrons. The van der Waals surface area contributed by atoms with Crippen LogP contribution in [-0.4, -0.2) is 40.5 Å². The van der Waals surface area contributed by atoms with Gasteiger partial charge in [0, 0.05) is 5.56 Å². The van der Waals surface area contributed by atoms with Gasteiger partial charge >= 0.3 is 0 Å². The maximum atomic E-state index is 13.2. The van der Waals surface area contributed by atoms with Crippen LogP contribution in [0.1, 0.15) is 23.4 Å². The molecule has 2 heterocycles. The van der Waals surface area contributed by atoms with Crippen LogP contribution in [-0.2, 0) is 26.1 Å². The van der Waals surface area contributed by atoms with E-state index in [-0.39, 0.29) is 27.6 Å². The number of amides is 1. The first-order valence-electron chi connectivity index (χ1n) is 8.65. The zero-order valence-corrected chi connectivity index (χ0v) is 17.6. The fourth-order valence-electron chi connectivity index (χ4n) is 2.48. The van der Waals surface area contributed by atoms with Gasteiger partial charge in [0.15, 0.2) is 37.4 Å². The number of carbonyl (C=O) groups excluding carboxylic acids is 1. The van der Waals surface area contributed by atoms with Crippen LogP contribution < -0.4 is 5.32 Å². The first kappa shape index (κ1) is 20.5. The van der Waals surface area contributed by atoms with Gasteiger partial charge in [-0.2, -0.15) is 4.39 Å². The molecule has 1 N–H and O–H groups in total. The molecule has 30 heavy (non-hydrogen) atoms. The zero-order valence-electron chi connectivity index (χ0n) is 15.2. The van der Waals surface area contributed by atoms with Gasteiger partial charge in [0.1, 0.15) is 5.51 Å². The highest BCUT2D eigenvalue weighted by Crippen LogP contribution is 2.33. The summed E-state index contributed by atoms with van der Waals surface area (Å²) >= 11 is 1.93. The van der Waals surface area contributed by atoms with Gasteiger partial charge in [-0.15, -0.1) is 21.5 Å². The second-order valence-corrected chi connectivity index (χ2v) is 10.4. The third-order valence-electron chi connectivity index (χ3n) is 4.08. The molecule has 0 unspecified atom stereocenters.